The summed E-state index contributed by atoms with van der Waals surface area (Å²) < 4.78 is 6.08. The summed E-state index contributed by atoms with van der Waals surface area (Å²) in [5.41, 5.74) is 0.924. The second-order valence-electron chi connectivity index (χ2n) is 4.68. The smallest absolute Gasteiger partial charge is 0.308 e. The van der Waals surface area contributed by atoms with Crippen LogP contribution in [-0.4, -0.2) is 29.2 Å². The average molecular weight is 329 g/mol. The van der Waals surface area contributed by atoms with Crippen LogP contribution >= 0.6 is 15.9 Å². The Balaban J connectivity index is 2.02. The third kappa shape index (κ3) is 3.45. The molecule has 0 saturated heterocycles. The first-order chi connectivity index (χ1) is 9.11. The Morgan fingerprint density at radius 3 is 3.11 bits per heavy atom. The fourth-order valence-electron chi connectivity index (χ4n) is 2.52. The maximum atomic E-state index is 11.1. The summed E-state index contributed by atoms with van der Waals surface area (Å²) in [5.74, 6) is -0.430. The van der Waals surface area contributed by atoms with Gasteiger partial charge in [0.05, 0.1) is 13.0 Å². The van der Waals surface area contributed by atoms with Crippen LogP contribution in [0.3, 0.4) is 0 Å². The lowest BCUT2D eigenvalue weighted by Gasteiger charge is -2.18. The first-order valence-corrected chi connectivity index (χ1v) is 7.05. The van der Waals surface area contributed by atoms with E-state index >= 15 is 0 Å². The van der Waals surface area contributed by atoms with Crippen LogP contribution in [-0.2, 0) is 11.3 Å². The highest BCUT2D eigenvalue weighted by Gasteiger charge is 2.32. The summed E-state index contributed by atoms with van der Waals surface area (Å²) in [5, 5.41) is 12.5. The molecule has 19 heavy (non-hydrogen) atoms. The maximum absolute atomic E-state index is 11.1. The zero-order valence-corrected chi connectivity index (χ0v) is 12.3. The van der Waals surface area contributed by atoms with Crippen molar-refractivity contribution in [3.8, 4) is 5.88 Å². The molecular formula is C13H17BrN2O3. The van der Waals surface area contributed by atoms with E-state index in [9.17, 15) is 4.79 Å². The molecule has 1 fully saturated rings. The zero-order valence-electron chi connectivity index (χ0n) is 10.7. The molecule has 0 unspecified atom stereocenters. The Bertz CT molecular complexity index is 467. The number of nitrogens with zero attached hydrogens (tertiary/aromatic N) is 1. The van der Waals surface area contributed by atoms with Crippen molar-refractivity contribution >= 4 is 21.9 Å². The van der Waals surface area contributed by atoms with Crippen LogP contribution in [0.2, 0.25) is 0 Å². The number of halogens is 1. The molecule has 0 aliphatic heterocycles. The van der Waals surface area contributed by atoms with E-state index in [1.54, 1.807) is 13.3 Å². The van der Waals surface area contributed by atoms with Gasteiger partial charge in [-0.15, -0.1) is 0 Å². The normalized spacial score (nSPS) is 22.4. The monoisotopic (exact) mass is 328 g/mol. The zero-order chi connectivity index (χ0) is 13.8. The van der Waals surface area contributed by atoms with E-state index in [0.717, 1.165) is 29.3 Å². The second kappa shape index (κ2) is 6.34. The third-order valence-electron chi connectivity index (χ3n) is 3.47. The van der Waals surface area contributed by atoms with E-state index in [4.69, 9.17) is 9.84 Å². The average Bonchev–Trinajstić information content (AvgIpc) is 2.85. The number of aromatic nitrogens is 1. The van der Waals surface area contributed by atoms with Gasteiger partial charge in [0.2, 0.25) is 5.88 Å². The van der Waals surface area contributed by atoms with E-state index in [1.807, 2.05) is 6.07 Å². The molecule has 0 radical (unpaired) electrons. The molecule has 1 aromatic heterocycles. The van der Waals surface area contributed by atoms with Crippen molar-refractivity contribution in [3.63, 3.8) is 0 Å². The summed E-state index contributed by atoms with van der Waals surface area (Å²) >= 11 is 3.37. The number of carboxylic acids is 1. The lowest BCUT2D eigenvalue weighted by atomic mass is 10.0. The molecule has 6 heteroatoms. The highest BCUT2D eigenvalue weighted by molar-refractivity contribution is 9.10. The Labute approximate surface area is 120 Å². The van der Waals surface area contributed by atoms with E-state index in [0.29, 0.717) is 12.4 Å². The summed E-state index contributed by atoms with van der Waals surface area (Å²) in [6.07, 6.45) is 4.29. The van der Waals surface area contributed by atoms with Crippen molar-refractivity contribution in [2.45, 2.75) is 31.8 Å². The van der Waals surface area contributed by atoms with Crippen LogP contribution < -0.4 is 10.1 Å². The molecule has 1 saturated carbocycles. The van der Waals surface area contributed by atoms with Crippen molar-refractivity contribution in [2.75, 3.05) is 7.11 Å². The van der Waals surface area contributed by atoms with Gasteiger partial charge in [0.15, 0.2) is 0 Å². The molecule has 2 N–H and O–H groups in total. The minimum absolute atomic E-state index is 0.0289. The molecule has 1 heterocycles. The van der Waals surface area contributed by atoms with Crippen molar-refractivity contribution in [1.29, 1.82) is 0 Å². The predicted molar refractivity (Wildman–Crippen MR) is 74.1 cm³/mol. The van der Waals surface area contributed by atoms with Crippen LogP contribution in [0.15, 0.2) is 16.7 Å². The van der Waals surface area contributed by atoms with Gasteiger partial charge in [-0.3, -0.25) is 4.79 Å². The van der Waals surface area contributed by atoms with Crippen molar-refractivity contribution in [1.82, 2.24) is 10.3 Å². The maximum Gasteiger partial charge on any atom is 0.308 e. The number of carbonyl (C=O) groups is 1. The molecular weight excluding hydrogens is 312 g/mol. The quantitative estimate of drug-likeness (QED) is 0.866. The van der Waals surface area contributed by atoms with Gasteiger partial charge in [0.1, 0.15) is 0 Å². The minimum atomic E-state index is -0.714. The molecule has 0 spiro atoms. The van der Waals surface area contributed by atoms with Gasteiger partial charge < -0.3 is 15.2 Å². The number of aliphatic carboxylic acids is 1. The molecule has 0 aromatic carbocycles. The lowest BCUT2D eigenvalue weighted by molar-refractivity contribution is -0.142. The largest absolute Gasteiger partial charge is 0.481 e. The topological polar surface area (TPSA) is 71.5 Å². The standard InChI is InChI=1S/C13H17BrN2O3/c1-19-12-8(5-9(14)7-16-12)6-15-11-4-2-3-10(11)13(17)18/h5,7,10-11,15H,2-4,6H2,1H3,(H,17,18)/t10-,11+/m0/s1. The van der Waals surface area contributed by atoms with Gasteiger partial charge in [0, 0.05) is 28.8 Å². The predicted octanol–water partition coefficient (Wildman–Crippen LogP) is 2.20. The first-order valence-electron chi connectivity index (χ1n) is 6.26. The fourth-order valence-corrected chi connectivity index (χ4v) is 2.90. The molecule has 1 aromatic rings. The number of ether oxygens (including phenoxy) is 1. The van der Waals surface area contributed by atoms with Gasteiger partial charge in [0.25, 0.3) is 0 Å². The Morgan fingerprint density at radius 1 is 1.63 bits per heavy atom. The van der Waals surface area contributed by atoms with Crippen molar-refractivity contribution in [3.05, 3.63) is 22.3 Å². The highest BCUT2D eigenvalue weighted by atomic mass is 79.9. The number of rotatable bonds is 5. The first kappa shape index (κ1) is 14.3. The van der Waals surface area contributed by atoms with Crippen LogP contribution in [0, 0.1) is 5.92 Å². The molecule has 2 rings (SSSR count). The molecule has 104 valence electrons. The summed E-state index contributed by atoms with van der Waals surface area (Å²) in [6, 6.07) is 1.96. The van der Waals surface area contributed by atoms with Crippen LogP contribution in [0.4, 0.5) is 0 Å². The van der Waals surface area contributed by atoms with Gasteiger partial charge in [-0.05, 0) is 34.8 Å². The lowest BCUT2D eigenvalue weighted by Crippen LogP contribution is -2.35. The molecule has 5 nitrogen and oxygen atoms in total. The van der Waals surface area contributed by atoms with Crippen LogP contribution in [0.1, 0.15) is 24.8 Å². The van der Waals surface area contributed by atoms with Gasteiger partial charge in [-0.2, -0.15) is 0 Å². The Morgan fingerprint density at radius 2 is 2.42 bits per heavy atom. The number of methoxy groups -OCH3 is 1. The Hall–Kier alpha value is -1.14. The van der Waals surface area contributed by atoms with Gasteiger partial charge in [-0.25, -0.2) is 4.98 Å². The van der Waals surface area contributed by atoms with E-state index in [2.05, 4.69) is 26.2 Å². The van der Waals surface area contributed by atoms with Crippen molar-refractivity contribution in [2.24, 2.45) is 5.92 Å². The van der Waals surface area contributed by atoms with Gasteiger partial charge in [-0.1, -0.05) is 6.42 Å². The minimum Gasteiger partial charge on any atom is -0.481 e. The van der Waals surface area contributed by atoms with E-state index < -0.39 is 5.97 Å². The van der Waals surface area contributed by atoms with Crippen molar-refractivity contribution < 1.29 is 14.6 Å². The molecule has 1 aliphatic carbocycles. The van der Waals surface area contributed by atoms with E-state index in [-0.39, 0.29) is 12.0 Å². The van der Waals surface area contributed by atoms with E-state index in [1.165, 1.54) is 0 Å². The fraction of sp³-hybridized carbons (Fsp3) is 0.538. The number of nitrogens with one attached hydrogen (secondary N) is 1. The molecule has 0 amide bonds. The van der Waals surface area contributed by atoms with Gasteiger partial charge >= 0.3 is 5.97 Å². The highest BCUT2D eigenvalue weighted by Crippen LogP contribution is 2.27. The number of hydrogen-bond donors (Lipinski definition) is 2. The van der Waals surface area contributed by atoms with Crippen LogP contribution in [0.5, 0.6) is 5.88 Å². The number of carboxylic acid groups (broad SMARTS) is 1. The van der Waals surface area contributed by atoms with Crippen LogP contribution in [0.25, 0.3) is 0 Å². The third-order valence-corrected chi connectivity index (χ3v) is 3.91. The Kier molecular flexibility index (Phi) is 4.76. The molecule has 0 bridgehead atoms. The SMILES string of the molecule is COc1ncc(Br)cc1CN[C@@H]1CCC[C@@H]1C(=O)O. The number of pyridine rings is 1. The summed E-state index contributed by atoms with van der Waals surface area (Å²) in [6.45, 7) is 0.560. The molecule has 1 aliphatic rings. The second-order valence-corrected chi connectivity index (χ2v) is 5.60. The number of hydrogen-bond acceptors (Lipinski definition) is 4. The summed E-state index contributed by atoms with van der Waals surface area (Å²) in [4.78, 5) is 15.3. The molecule has 2 atom stereocenters. The summed E-state index contributed by atoms with van der Waals surface area (Å²) in [7, 11) is 1.58.